The largest absolute Gasteiger partial charge is 0.478 e. The lowest BCUT2D eigenvalue weighted by Crippen LogP contribution is -2.49. The molecule has 0 saturated carbocycles. The van der Waals surface area contributed by atoms with Gasteiger partial charge in [0, 0.05) is 37.3 Å². The van der Waals surface area contributed by atoms with Crippen molar-refractivity contribution < 1.29 is 18.3 Å². The van der Waals surface area contributed by atoms with Gasteiger partial charge < -0.3 is 10.0 Å². The van der Waals surface area contributed by atoms with E-state index in [0.29, 0.717) is 36.2 Å². The molecule has 0 bridgehead atoms. The maximum absolute atomic E-state index is 12.7. The van der Waals surface area contributed by atoms with Crippen molar-refractivity contribution in [3.05, 3.63) is 40.9 Å². The van der Waals surface area contributed by atoms with E-state index in [-0.39, 0.29) is 5.56 Å². The molecule has 2 aromatic heterocycles. The summed E-state index contributed by atoms with van der Waals surface area (Å²) in [6.07, 6.45) is 2.36. The van der Waals surface area contributed by atoms with Crippen molar-refractivity contribution in [2.45, 2.75) is 17.6 Å². The molecule has 0 amide bonds. The minimum Gasteiger partial charge on any atom is -0.478 e. The molecule has 0 radical (unpaired) electrons. The number of anilines is 1. The van der Waals surface area contributed by atoms with E-state index in [0.717, 1.165) is 11.3 Å². The molecule has 1 aliphatic heterocycles. The van der Waals surface area contributed by atoms with E-state index in [9.17, 15) is 18.3 Å². The highest BCUT2D eigenvalue weighted by Gasteiger charge is 2.31. The number of pyridine rings is 1. The molecule has 2 aromatic rings. The van der Waals surface area contributed by atoms with Gasteiger partial charge in [-0.25, -0.2) is 18.2 Å². The number of hydrogen-bond acceptors (Lipinski definition) is 6. The second-order valence-corrected chi connectivity index (χ2v) is 8.98. The van der Waals surface area contributed by atoms with Crippen LogP contribution in [0.5, 0.6) is 0 Å². The Kier molecular flexibility index (Phi) is 5.07. The molecule has 0 unspecified atom stereocenters. The molecule has 9 heteroatoms. The van der Waals surface area contributed by atoms with Crippen molar-refractivity contribution in [3.63, 3.8) is 0 Å². The predicted octanol–water partition coefficient (Wildman–Crippen LogP) is 1.91. The third-order valence-electron chi connectivity index (χ3n) is 4.13. The Morgan fingerprint density at radius 2 is 1.96 bits per heavy atom. The zero-order valence-electron chi connectivity index (χ0n) is 13.8. The number of aryl methyl sites for hydroxylation is 1. The fourth-order valence-corrected chi connectivity index (χ4v) is 5.64. The van der Waals surface area contributed by atoms with Crippen LogP contribution in [-0.2, 0) is 16.4 Å². The monoisotopic (exact) mass is 381 g/mol. The molecule has 3 heterocycles. The predicted molar refractivity (Wildman–Crippen MR) is 95.9 cm³/mol. The minimum atomic E-state index is -3.49. The number of sulfonamides is 1. The zero-order chi connectivity index (χ0) is 18.0. The molecule has 1 N–H and O–H groups in total. The van der Waals surface area contributed by atoms with Gasteiger partial charge in [0.2, 0.25) is 0 Å². The molecule has 3 rings (SSSR count). The van der Waals surface area contributed by atoms with E-state index in [2.05, 4.69) is 4.98 Å². The van der Waals surface area contributed by atoms with Crippen LogP contribution in [0.25, 0.3) is 0 Å². The molecule has 25 heavy (non-hydrogen) atoms. The highest BCUT2D eigenvalue weighted by molar-refractivity contribution is 7.91. The second kappa shape index (κ2) is 7.11. The van der Waals surface area contributed by atoms with Crippen molar-refractivity contribution in [2.75, 3.05) is 31.1 Å². The average Bonchev–Trinajstić information content (AvgIpc) is 3.12. The number of rotatable bonds is 5. The normalized spacial score (nSPS) is 16.1. The molecule has 1 aliphatic rings. The standard InChI is InChI=1S/C16H19N3O4S2/c1-2-12-5-6-14(24-12)25(22,23)19-10-8-18(9-11-19)15-13(16(20)21)4-3-7-17-15/h3-7H,2,8-11H2,1H3,(H,20,21). The van der Waals surface area contributed by atoms with E-state index in [1.807, 2.05) is 17.9 Å². The van der Waals surface area contributed by atoms with Crippen LogP contribution in [0.1, 0.15) is 22.2 Å². The van der Waals surface area contributed by atoms with Gasteiger partial charge in [-0.15, -0.1) is 11.3 Å². The van der Waals surface area contributed by atoms with Crippen molar-refractivity contribution in [3.8, 4) is 0 Å². The number of aromatic carboxylic acids is 1. The third-order valence-corrected chi connectivity index (χ3v) is 7.73. The summed E-state index contributed by atoms with van der Waals surface area (Å²) >= 11 is 1.30. The first-order chi connectivity index (χ1) is 11.9. The van der Waals surface area contributed by atoms with Crippen molar-refractivity contribution in [2.24, 2.45) is 0 Å². The molecule has 0 aliphatic carbocycles. The highest BCUT2D eigenvalue weighted by atomic mass is 32.2. The molecule has 1 saturated heterocycles. The summed E-state index contributed by atoms with van der Waals surface area (Å²) in [7, 11) is -3.49. The van der Waals surface area contributed by atoms with Gasteiger partial charge in [0.05, 0.1) is 0 Å². The zero-order valence-corrected chi connectivity index (χ0v) is 15.4. The number of thiophene rings is 1. The molecule has 0 atom stereocenters. The lowest BCUT2D eigenvalue weighted by Gasteiger charge is -2.34. The summed E-state index contributed by atoms with van der Waals surface area (Å²) in [5, 5.41) is 9.28. The first kappa shape index (κ1) is 17.8. The summed E-state index contributed by atoms with van der Waals surface area (Å²) < 4.78 is 27.3. The number of aromatic nitrogens is 1. The van der Waals surface area contributed by atoms with E-state index in [4.69, 9.17) is 0 Å². The summed E-state index contributed by atoms with van der Waals surface area (Å²) in [4.78, 5) is 18.4. The second-order valence-electron chi connectivity index (χ2n) is 5.65. The van der Waals surface area contributed by atoms with Crippen LogP contribution in [0.2, 0.25) is 0 Å². The molecular weight excluding hydrogens is 362 g/mol. The van der Waals surface area contributed by atoms with Gasteiger partial charge in [0.1, 0.15) is 15.6 Å². The SMILES string of the molecule is CCc1ccc(S(=O)(=O)N2CCN(c3ncccc3C(=O)O)CC2)s1. The van der Waals surface area contributed by atoms with Crippen LogP contribution in [0, 0.1) is 0 Å². The summed E-state index contributed by atoms with van der Waals surface area (Å²) in [5.74, 6) is -0.653. The van der Waals surface area contributed by atoms with Crippen LogP contribution in [-0.4, -0.2) is 55.0 Å². The quantitative estimate of drug-likeness (QED) is 0.851. The highest BCUT2D eigenvalue weighted by Crippen LogP contribution is 2.27. The number of piperazine rings is 1. The Morgan fingerprint density at radius 1 is 1.24 bits per heavy atom. The van der Waals surface area contributed by atoms with Crippen LogP contribution in [0.4, 0.5) is 5.82 Å². The van der Waals surface area contributed by atoms with Crippen LogP contribution >= 0.6 is 11.3 Å². The smallest absolute Gasteiger partial charge is 0.339 e. The number of carboxylic acids is 1. The van der Waals surface area contributed by atoms with E-state index >= 15 is 0 Å². The van der Waals surface area contributed by atoms with Crippen molar-refractivity contribution in [1.82, 2.24) is 9.29 Å². The summed E-state index contributed by atoms with van der Waals surface area (Å²) in [5.41, 5.74) is 0.129. The van der Waals surface area contributed by atoms with E-state index < -0.39 is 16.0 Å². The number of carbonyl (C=O) groups is 1. The van der Waals surface area contributed by atoms with Gasteiger partial charge in [-0.1, -0.05) is 6.92 Å². The topological polar surface area (TPSA) is 90.8 Å². The number of carboxylic acid groups (broad SMARTS) is 1. The van der Waals surface area contributed by atoms with Crippen molar-refractivity contribution >= 4 is 33.1 Å². The van der Waals surface area contributed by atoms with Crippen molar-refractivity contribution in [1.29, 1.82) is 0 Å². The molecule has 0 spiro atoms. The molecule has 0 aromatic carbocycles. The third kappa shape index (κ3) is 3.53. The lowest BCUT2D eigenvalue weighted by atomic mass is 10.2. The molecular formula is C16H19N3O4S2. The van der Waals surface area contributed by atoms with Crippen LogP contribution in [0.3, 0.4) is 0 Å². The maximum atomic E-state index is 12.7. The first-order valence-electron chi connectivity index (χ1n) is 7.95. The molecule has 7 nitrogen and oxygen atoms in total. The maximum Gasteiger partial charge on any atom is 0.339 e. The number of nitrogens with zero attached hydrogens (tertiary/aromatic N) is 3. The average molecular weight is 381 g/mol. The van der Waals surface area contributed by atoms with E-state index in [1.54, 1.807) is 18.3 Å². The Hall–Kier alpha value is -1.97. The van der Waals surface area contributed by atoms with Gasteiger partial charge >= 0.3 is 5.97 Å². The Labute approximate surface area is 150 Å². The number of hydrogen-bond donors (Lipinski definition) is 1. The van der Waals surface area contributed by atoms with Gasteiger partial charge in [0.15, 0.2) is 0 Å². The Balaban J connectivity index is 1.75. The van der Waals surface area contributed by atoms with E-state index in [1.165, 1.54) is 21.7 Å². The van der Waals surface area contributed by atoms with Gasteiger partial charge in [-0.2, -0.15) is 4.31 Å². The first-order valence-corrected chi connectivity index (χ1v) is 10.2. The molecule has 1 fully saturated rings. The van der Waals surface area contributed by atoms with Gasteiger partial charge in [0.25, 0.3) is 10.0 Å². The van der Waals surface area contributed by atoms with Gasteiger partial charge in [-0.05, 0) is 30.7 Å². The van der Waals surface area contributed by atoms with Crippen LogP contribution < -0.4 is 4.90 Å². The molecule has 134 valence electrons. The fraction of sp³-hybridized carbons (Fsp3) is 0.375. The van der Waals surface area contributed by atoms with Gasteiger partial charge in [-0.3, -0.25) is 0 Å². The van der Waals surface area contributed by atoms with Crippen LogP contribution in [0.15, 0.2) is 34.7 Å². The fourth-order valence-electron chi connectivity index (χ4n) is 2.77. The minimum absolute atomic E-state index is 0.129. The Morgan fingerprint density at radius 3 is 2.56 bits per heavy atom. The summed E-state index contributed by atoms with van der Waals surface area (Å²) in [6.45, 7) is 3.41. The Bertz CT molecular complexity index is 871. The summed E-state index contributed by atoms with van der Waals surface area (Å²) in [6, 6.07) is 6.59. The lowest BCUT2D eigenvalue weighted by molar-refractivity contribution is 0.0697.